The lowest BCUT2D eigenvalue weighted by molar-refractivity contribution is -0.129. The van der Waals surface area contributed by atoms with Crippen LogP contribution in [0.4, 0.5) is 0 Å². The van der Waals surface area contributed by atoms with E-state index in [0.29, 0.717) is 13.1 Å². The Bertz CT molecular complexity index is 114. The highest BCUT2D eigenvalue weighted by Crippen LogP contribution is 1.94. The quantitative estimate of drug-likeness (QED) is 0.349. The highest BCUT2D eigenvalue weighted by atomic mass is 16.3. The molecular formula is C5H10N2O2. The van der Waals surface area contributed by atoms with Gasteiger partial charge in [0.05, 0.1) is 6.04 Å². The number of aliphatic hydroxyl groups is 1. The number of carbonyl (C=O) groups is 1. The third kappa shape index (κ3) is 1.27. The smallest absolute Gasteiger partial charge is 0.180 e. The molecule has 0 aromatic heterocycles. The van der Waals surface area contributed by atoms with Crippen molar-refractivity contribution in [3.05, 3.63) is 0 Å². The predicted molar refractivity (Wildman–Crippen MR) is 31.9 cm³/mol. The zero-order chi connectivity index (χ0) is 6.85. The lowest BCUT2D eigenvalue weighted by Gasteiger charge is -2.21. The van der Waals surface area contributed by atoms with E-state index in [2.05, 4.69) is 5.32 Å². The molecule has 0 aromatic rings. The number of piperidine rings is 1. The molecule has 0 aliphatic carbocycles. The third-order valence-electron chi connectivity index (χ3n) is 1.40. The summed E-state index contributed by atoms with van der Waals surface area (Å²) in [4.78, 5) is 10.7. The van der Waals surface area contributed by atoms with Gasteiger partial charge in [0, 0.05) is 13.1 Å². The number of carbonyl (C=O) groups excluding carboxylic acids is 1. The van der Waals surface area contributed by atoms with Gasteiger partial charge < -0.3 is 16.2 Å². The Balaban J connectivity index is 2.52. The first-order valence-electron chi connectivity index (χ1n) is 2.90. The van der Waals surface area contributed by atoms with Crippen molar-refractivity contribution in [3.8, 4) is 0 Å². The number of Topliss-reactive ketones (excluding diaryl/α,β-unsaturated/α-hetero) is 1. The summed E-state index contributed by atoms with van der Waals surface area (Å²) in [5, 5.41) is 11.7. The largest absolute Gasteiger partial charge is 0.384 e. The summed E-state index contributed by atoms with van der Waals surface area (Å²) >= 11 is 0. The van der Waals surface area contributed by atoms with Gasteiger partial charge in [0.25, 0.3) is 0 Å². The van der Waals surface area contributed by atoms with E-state index in [1.165, 1.54) is 0 Å². The van der Waals surface area contributed by atoms with Crippen LogP contribution in [0, 0.1) is 0 Å². The van der Waals surface area contributed by atoms with Gasteiger partial charge in [-0.05, 0) is 0 Å². The van der Waals surface area contributed by atoms with Crippen LogP contribution in [0.5, 0.6) is 0 Å². The van der Waals surface area contributed by atoms with Gasteiger partial charge in [0.2, 0.25) is 0 Å². The number of rotatable bonds is 0. The average molecular weight is 130 g/mol. The molecule has 1 aliphatic rings. The molecule has 1 aliphatic heterocycles. The van der Waals surface area contributed by atoms with Gasteiger partial charge in [-0.3, -0.25) is 4.79 Å². The Hall–Kier alpha value is -0.450. The molecule has 2 unspecified atom stereocenters. The summed E-state index contributed by atoms with van der Waals surface area (Å²) < 4.78 is 0. The van der Waals surface area contributed by atoms with Crippen molar-refractivity contribution in [1.29, 1.82) is 0 Å². The highest BCUT2D eigenvalue weighted by Gasteiger charge is 2.25. The maximum Gasteiger partial charge on any atom is 0.180 e. The Morgan fingerprint density at radius 3 is 2.78 bits per heavy atom. The van der Waals surface area contributed by atoms with Gasteiger partial charge in [-0.1, -0.05) is 0 Å². The lowest BCUT2D eigenvalue weighted by Crippen LogP contribution is -2.54. The summed E-state index contributed by atoms with van der Waals surface area (Å²) in [6.07, 6.45) is -0.895. The Kier molecular flexibility index (Phi) is 1.80. The van der Waals surface area contributed by atoms with E-state index in [1.54, 1.807) is 0 Å². The van der Waals surface area contributed by atoms with Crippen LogP contribution in [0.25, 0.3) is 0 Å². The van der Waals surface area contributed by atoms with E-state index in [4.69, 9.17) is 10.8 Å². The van der Waals surface area contributed by atoms with E-state index in [1.807, 2.05) is 0 Å². The van der Waals surface area contributed by atoms with E-state index < -0.39 is 12.1 Å². The SMILES string of the molecule is NC1CNCC(O)C1=O. The van der Waals surface area contributed by atoms with E-state index in [9.17, 15) is 4.79 Å². The summed E-state index contributed by atoms with van der Waals surface area (Å²) in [6, 6.07) is -0.520. The van der Waals surface area contributed by atoms with Gasteiger partial charge in [-0.25, -0.2) is 0 Å². The molecule has 4 N–H and O–H groups in total. The monoisotopic (exact) mass is 130 g/mol. The average Bonchev–Trinajstić information content (AvgIpc) is 1.83. The first-order valence-corrected chi connectivity index (χ1v) is 2.90. The van der Waals surface area contributed by atoms with Crippen molar-refractivity contribution in [3.63, 3.8) is 0 Å². The Morgan fingerprint density at radius 1 is 1.67 bits per heavy atom. The fourth-order valence-corrected chi connectivity index (χ4v) is 0.824. The Morgan fingerprint density at radius 2 is 2.33 bits per heavy atom. The molecule has 4 heteroatoms. The summed E-state index contributed by atoms with van der Waals surface area (Å²) in [7, 11) is 0. The number of hydrogen-bond donors (Lipinski definition) is 3. The van der Waals surface area contributed by atoms with Crippen molar-refractivity contribution in [2.45, 2.75) is 12.1 Å². The topological polar surface area (TPSA) is 75.3 Å². The van der Waals surface area contributed by atoms with E-state index in [0.717, 1.165) is 0 Å². The first kappa shape index (κ1) is 6.67. The fourth-order valence-electron chi connectivity index (χ4n) is 0.824. The number of aliphatic hydroxyl groups excluding tert-OH is 1. The third-order valence-corrected chi connectivity index (χ3v) is 1.40. The van der Waals surface area contributed by atoms with Gasteiger partial charge in [-0.15, -0.1) is 0 Å². The molecule has 0 spiro atoms. The molecule has 0 radical (unpaired) electrons. The fraction of sp³-hybridized carbons (Fsp3) is 0.800. The zero-order valence-corrected chi connectivity index (χ0v) is 5.00. The van der Waals surface area contributed by atoms with Crippen LogP contribution in [0.15, 0.2) is 0 Å². The van der Waals surface area contributed by atoms with Crippen molar-refractivity contribution < 1.29 is 9.90 Å². The Labute approximate surface area is 53.0 Å². The molecule has 52 valence electrons. The van der Waals surface area contributed by atoms with Crippen LogP contribution in [0.2, 0.25) is 0 Å². The van der Waals surface area contributed by atoms with Gasteiger partial charge >= 0.3 is 0 Å². The van der Waals surface area contributed by atoms with Crippen LogP contribution in [-0.4, -0.2) is 36.1 Å². The summed E-state index contributed by atoms with van der Waals surface area (Å²) in [5.74, 6) is -0.256. The van der Waals surface area contributed by atoms with Crippen molar-refractivity contribution in [2.75, 3.05) is 13.1 Å². The van der Waals surface area contributed by atoms with Crippen LogP contribution >= 0.6 is 0 Å². The molecule has 0 amide bonds. The maximum atomic E-state index is 10.7. The minimum Gasteiger partial charge on any atom is -0.384 e. The molecule has 0 aromatic carbocycles. The van der Waals surface area contributed by atoms with Gasteiger partial charge in [0.15, 0.2) is 5.78 Å². The molecule has 4 nitrogen and oxygen atoms in total. The van der Waals surface area contributed by atoms with E-state index in [-0.39, 0.29) is 5.78 Å². The van der Waals surface area contributed by atoms with Crippen molar-refractivity contribution in [1.82, 2.24) is 5.32 Å². The normalized spacial score (nSPS) is 36.9. The molecule has 1 saturated heterocycles. The molecule has 0 bridgehead atoms. The number of hydrogen-bond acceptors (Lipinski definition) is 4. The molecule has 1 fully saturated rings. The van der Waals surface area contributed by atoms with Crippen LogP contribution in [0.1, 0.15) is 0 Å². The molecule has 0 saturated carbocycles. The molecule has 9 heavy (non-hydrogen) atoms. The van der Waals surface area contributed by atoms with Crippen molar-refractivity contribution >= 4 is 5.78 Å². The minimum absolute atomic E-state index is 0.256. The predicted octanol–water partition coefficient (Wildman–Crippen LogP) is -2.15. The lowest BCUT2D eigenvalue weighted by atomic mass is 10.0. The second-order valence-electron chi connectivity index (χ2n) is 2.18. The first-order chi connectivity index (χ1) is 4.22. The molecule has 2 atom stereocenters. The summed E-state index contributed by atoms with van der Waals surface area (Å²) in [6.45, 7) is 0.822. The zero-order valence-electron chi connectivity index (χ0n) is 5.00. The number of nitrogens with one attached hydrogen (secondary N) is 1. The van der Waals surface area contributed by atoms with E-state index >= 15 is 0 Å². The van der Waals surface area contributed by atoms with Crippen LogP contribution in [-0.2, 0) is 4.79 Å². The highest BCUT2D eigenvalue weighted by molar-refractivity contribution is 5.88. The van der Waals surface area contributed by atoms with Gasteiger partial charge in [0.1, 0.15) is 6.10 Å². The standard InChI is InChI=1S/C5H10N2O2/c6-3-1-7-2-4(8)5(3)9/h3-4,7-8H,1-2,6H2. The molecular weight excluding hydrogens is 120 g/mol. The summed E-state index contributed by atoms with van der Waals surface area (Å²) in [5.41, 5.74) is 5.30. The minimum atomic E-state index is -0.895. The van der Waals surface area contributed by atoms with Crippen LogP contribution in [0.3, 0.4) is 0 Å². The second-order valence-corrected chi connectivity index (χ2v) is 2.18. The molecule has 1 heterocycles. The number of ketones is 1. The van der Waals surface area contributed by atoms with Crippen molar-refractivity contribution in [2.24, 2.45) is 5.73 Å². The molecule has 1 rings (SSSR count). The van der Waals surface area contributed by atoms with Crippen LogP contribution < -0.4 is 11.1 Å². The number of β-amino-alcohol motifs (C(OH)–C–C–N with tert-alkyl or cyclic N) is 1. The maximum absolute atomic E-state index is 10.7. The van der Waals surface area contributed by atoms with Gasteiger partial charge in [-0.2, -0.15) is 0 Å². The number of nitrogens with two attached hydrogens (primary N) is 1. The second kappa shape index (κ2) is 2.43.